The maximum atomic E-state index is 11.3. The van der Waals surface area contributed by atoms with Crippen LogP contribution in [-0.2, 0) is 11.2 Å². The lowest BCUT2D eigenvalue weighted by Crippen LogP contribution is -2.32. The molecule has 0 heterocycles. The van der Waals surface area contributed by atoms with Crippen molar-refractivity contribution in [3.63, 3.8) is 0 Å². The second-order valence-electron chi connectivity index (χ2n) is 3.81. The Morgan fingerprint density at radius 3 is 2.82 bits per heavy atom. The summed E-state index contributed by atoms with van der Waals surface area (Å²) >= 11 is 5.91. The summed E-state index contributed by atoms with van der Waals surface area (Å²) in [5, 5.41) is 1.78. The number of hydrazine groups is 1. The number of rotatable bonds is 5. The van der Waals surface area contributed by atoms with Crippen LogP contribution in [0.2, 0.25) is 5.02 Å². The van der Waals surface area contributed by atoms with Gasteiger partial charge in [0.05, 0.1) is 7.11 Å². The molecule has 0 radical (unpaired) electrons. The van der Waals surface area contributed by atoms with Gasteiger partial charge in [0, 0.05) is 18.5 Å². The second-order valence-corrected chi connectivity index (χ2v) is 4.25. The number of carbonyl (C=O) groups is 1. The Bertz CT molecular complexity index is 394. The van der Waals surface area contributed by atoms with Crippen molar-refractivity contribution in [2.75, 3.05) is 14.2 Å². The highest BCUT2D eigenvalue weighted by molar-refractivity contribution is 6.30. The Morgan fingerprint density at radius 2 is 2.24 bits per heavy atom. The van der Waals surface area contributed by atoms with Crippen LogP contribution in [0.25, 0.3) is 0 Å². The van der Waals surface area contributed by atoms with Crippen LogP contribution in [0.3, 0.4) is 0 Å². The smallest absolute Gasteiger partial charge is 0.236 e. The predicted molar refractivity (Wildman–Crippen MR) is 67.9 cm³/mol. The summed E-state index contributed by atoms with van der Waals surface area (Å²) in [6.45, 7) is 0. The zero-order valence-electron chi connectivity index (χ0n) is 10.1. The number of methoxy groups -OCH3 is 1. The van der Waals surface area contributed by atoms with Crippen molar-refractivity contribution >= 4 is 17.5 Å². The number of carbonyl (C=O) groups excluding carboxylic acids is 1. The van der Waals surface area contributed by atoms with E-state index in [9.17, 15) is 4.79 Å². The van der Waals surface area contributed by atoms with Crippen LogP contribution in [0.1, 0.15) is 18.4 Å². The molecule has 0 bridgehead atoms. The van der Waals surface area contributed by atoms with E-state index in [1.54, 1.807) is 20.2 Å². The molecule has 0 saturated heterocycles. The first-order chi connectivity index (χ1) is 8.04. The first-order valence-electron chi connectivity index (χ1n) is 5.38. The molecule has 0 spiro atoms. The van der Waals surface area contributed by atoms with Crippen molar-refractivity contribution in [2.45, 2.75) is 19.3 Å². The van der Waals surface area contributed by atoms with Gasteiger partial charge in [-0.05, 0) is 36.6 Å². The number of ether oxygens (including phenoxy) is 1. The third kappa shape index (κ3) is 4.24. The van der Waals surface area contributed by atoms with Crippen molar-refractivity contribution in [2.24, 2.45) is 5.84 Å². The van der Waals surface area contributed by atoms with Gasteiger partial charge >= 0.3 is 0 Å². The molecule has 5 heteroatoms. The number of hydrogen-bond acceptors (Lipinski definition) is 3. The first-order valence-corrected chi connectivity index (χ1v) is 5.76. The topological polar surface area (TPSA) is 55.6 Å². The Balaban J connectivity index is 2.56. The molecule has 1 aromatic carbocycles. The van der Waals surface area contributed by atoms with Crippen molar-refractivity contribution in [3.8, 4) is 5.75 Å². The lowest BCUT2D eigenvalue weighted by atomic mass is 10.1. The lowest BCUT2D eigenvalue weighted by molar-refractivity contribution is -0.130. The summed E-state index contributed by atoms with van der Waals surface area (Å²) in [4.78, 5) is 11.3. The average Bonchev–Trinajstić information content (AvgIpc) is 2.29. The predicted octanol–water partition coefficient (Wildman–Crippen LogP) is 2.00. The highest BCUT2D eigenvalue weighted by Gasteiger charge is 2.07. The van der Waals surface area contributed by atoms with Crippen LogP contribution in [-0.4, -0.2) is 25.1 Å². The molecule has 0 atom stereocenters. The summed E-state index contributed by atoms with van der Waals surface area (Å²) in [5.41, 5.74) is 1.01. The molecule has 0 fully saturated rings. The van der Waals surface area contributed by atoms with Crippen molar-refractivity contribution in [3.05, 3.63) is 28.8 Å². The van der Waals surface area contributed by atoms with E-state index in [2.05, 4.69) is 0 Å². The third-order valence-corrected chi connectivity index (χ3v) is 2.71. The standard InChI is InChI=1S/C12H17ClN2O2/c1-15(14)12(16)5-3-4-9-8-10(13)6-7-11(9)17-2/h6-8H,3-5,14H2,1-2H3. The van der Waals surface area contributed by atoms with Crippen LogP contribution in [0.15, 0.2) is 18.2 Å². The monoisotopic (exact) mass is 256 g/mol. The fourth-order valence-electron chi connectivity index (χ4n) is 1.55. The van der Waals surface area contributed by atoms with E-state index >= 15 is 0 Å². The highest BCUT2D eigenvalue weighted by Crippen LogP contribution is 2.24. The Kier molecular flexibility index (Phi) is 5.25. The van der Waals surface area contributed by atoms with E-state index in [-0.39, 0.29) is 5.91 Å². The molecule has 0 aliphatic heterocycles. The minimum Gasteiger partial charge on any atom is -0.496 e. The van der Waals surface area contributed by atoms with Crippen molar-refractivity contribution < 1.29 is 9.53 Å². The van der Waals surface area contributed by atoms with Crippen LogP contribution in [0.4, 0.5) is 0 Å². The third-order valence-electron chi connectivity index (χ3n) is 2.47. The van der Waals surface area contributed by atoms with Gasteiger partial charge in [-0.25, -0.2) is 5.84 Å². The Hall–Kier alpha value is -1.26. The maximum Gasteiger partial charge on any atom is 0.236 e. The zero-order chi connectivity index (χ0) is 12.8. The summed E-state index contributed by atoms with van der Waals surface area (Å²) in [6, 6.07) is 5.47. The van der Waals surface area contributed by atoms with E-state index in [0.29, 0.717) is 11.4 Å². The van der Waals surface area contributed by atoms with Crippen LogP contribution in [0.5, 0.6) is 5.75 Å². The molecule has 0 saturated carbocycles. The molecule has 0 aliphatic rings. The molecule has 0 aromatic heterocycles. The molecule has 1 aromatic rings. The Morgan fingerprint density at radius 1 is 1.53 bits per heavy atom. The average molecular weight is 257 g/mol. The molecular formula is C12H17ClN2O2. The first kappa shape index (κ1) is 13.8. The van der Waals surface area contributed by atoms with Gasteiger partial charge in [0.25, 0.3) is 0 Å². The SMILES string of the molecule is COc1ccc(Cl)cc1CCCC(=O)N(C)N. The number of halogens is 1. The number of hydrogen-bond donors (Lipinski definition) is 1. The molecule has 1 amide bonds. The molecular weight excluding hydrogens is 240 g/mol. The molecule has 0 unspecified atom stereocenters. The molecule has 0 aliphatic carbocycles. The van der Waals surface area contributed by atoms with Gasteiger partial charge in [0.2, 0.25) is 5.91 Å². The van der Waals surface area contributed by atoms with Crippen LogP contribution >= 0.6 is 11.6 Å². The number of benzene rings is 1. The van der Waals surface area contributed by atoms with Gasteiger partial charge in [0.15, 0.2) is 0 Å². The summed E-state index contributed by atoms with van der Waals surface area (Å²) in [7, 11) is 3.16. The van der Waals surface area contributed by atoms with Gasteiger partial charge in [-0.15, -0.1) is 0 Å². The minimum atomic E-state index is -0.0778. The van der Waals surface area contributed by atoms with Gasteiger partial charge in [0.1, 0.15) is 5.75 Å². The van der Waals surface area contributed by atoms with Gasteiger partial charge in [-0.2, -0.15) is 0 Å². The molecule has 94 valence electrons. The number of aryl methyl sites for hydroxylation is 1. The normalized spacial score (nSPS) is 10.1. The second kappa shape index (κ2) is 6.47. The van der Waals surface area contributed by atoms with Gasteiger partial charge in [-0.1, -0.05) is 11.6 Å². The van der Waals surface area contributed by atoms with Crippen LogP contribution < -0.4 is 10.6 Å². The largest absolute Gasteiger partial charge is 0.496 e. The molecule has 1 rings (SSSR count). The fraction of sp³-hybridized carbons (Fsp3) is 0.417. The molecule has 2 N–H and O–H groups in total. The quantitative estimate of drug-likeness (QED) is 0.498. The van der Waals surface area contributed by atoms with Crippen molar-refractivity contribution in [1.29, 1.82) is 0 Å². The van der Waals surface area contributed by atoms with Crippen molar-refractivity contribution in [1.82, 2.24) is 5.01 Å². The van der Waals surface area contributed by atoms with Gasteiger partial charge < -0.3 is 4.74 Å². The highest BCUT2D eigenvalue weighted by atomic mass is 35.5. The van der Waals surface area contributed by atoms with E-state index in [1.165, 1.54) is 0 Å². The maximum absolute atomic E-state index is 11.3. The summed E-state index contributed by atoms with van der Waals surface area (Å²) < 4.78 is 5.23. The number of nitrogens with zero attached hydrogens (tertiary/aromatic N) is 1. The minimum absolute atomic E-state index is 0.0778. The molecule has 17 heavy (non-hydrogen) atoms. The van der Waals surface area contributed by atoms with Gasteiger partial charge in [-0.3, -0.25) is 9.80 Å². The van der Waals surface area contributed by atoms with E-state index in [1.807, 2.05) is 12.1 Å². The summed E-state index contributed by atoms with van der Waals surface area (Å²) in [6.07, 6.45) is 1.88. The summed E-state index contributed by atoms with van der Waals surface area (Å²) in [5.74, 6) is 6.05. The lowest BCUT2D eigenvalue weighted by Gasteiger charge is -2.11. The number of nitrogens with two attached hydrogens (primary N) is 1. The zero-order valence-corrected chi connectivity index (χ0v) is 10.8. The van der Waals surface area contributed by atoms with E-state index in [0.717, 1.165) is 29.2 Å². The van der Waals surface area contributed by atoms with E-state index in [4.69, 9.17) is 22.2 Å². The Labute approximate surface area is 106 Å². The molecule has 4 nitrogen and oxygen atoms in total. The fourth-order valence-corrected chi connectivity index (χ4v) is 1.74. The number of amides is 1. The van der Waals surface area contributed by atoms with E-state index < -0.39 is 0 Å². The van der Waals surface area contributed by atoms with Crippen LogP contribution in [0, 0.1) is 0 Å².